The lowest BCUT2D eigenvalue weighted by Gasteiger charge is -2.20. The summed E-state index contributed by atoms with van der Waals surface area (Å²) in [7, 11) is -3.96. The van der Waals surface area contributed by atoms with Gasteiger partial charge in [0.2, 0.25) is 10.0 Å². The Labute approximate surface area is 209 Å². The van der Waals surface area contributed by atoms with E-state index in [0.717, 1.165) is 33.3 Å². The van der Waals surface area contributed by atoms with E-state index in [1.54, 1.807) is 0 Å². The Balaban J connectivity index is 1.61. The molecule has 4 aromatic carbocycles. The Morgan fingerprint density at radius 3 is 2.22 bits per heavy atom. The highest BCUT2D eigenvalue weighted by molar-refractivity contribution is 7.89. The van der Waals surface area contributed by atoms with Crippen molar-refractivity contribution in [2.45, 2.75) is 10.8 Å². The first kappa shape index (κ1) is 23.5. The Morgan fingerprint density at radius 2 is 1.50 bits per heavy atom. The molecule has 0 amide bonds. The first-order valence-corrected chi connectivity index (χ1v) is 13.0. The number of aromatic nitrogens is 1. The Kier molecular flexibility index (Phi) is 6.41. The van der Waals surface area contributed by atoms with E-state index >= 15 is 0 Å². The average molecular weight is 497 g/mol. The number of carboxylic acids is 1. The van der Waals surface area contributed by atoms with Crippen molar-refractivity contribution >= 4 is 26.9 Å². The van der Waals surface area contributed by atoms with Gasteiger partial charge in [-0.05, 0) is 41.0 Å². The van der Waals surface area contributed by atoms with Gasteiger partial charge in [-0.25, -0.2) is 17.9 Å². The summed E-state index contributed by atoms with van der Waals surface area (Å²) in [5, 5.41) is 10.3. The predicted molar refractivity (Wildman–Crippen MR) is 141 cm³/mol. The Hall–Kier alpha value is -4.20. The van der Waals surface area contributed by atoms with Crippen LogP contribution in [0.1, 0.15) is 27.4 Å². The highest BCUT2D eigenvalue weighted by Crippen LogP contribution is 2.38. The van der Waals surface area contributed by atoms with Gasteiger partial charge < -0.3 is 10.1 Å². The third kappa shape index (κ3) is 4.66. The summed E-state index contributed by atoms with van der Waals surface area (Å²) in [5.41, 5.74) is 4.76. The molecule has 0 bridgehead atoms. The number of fused-ring (bicyclic) bond motifs is 1. The SMILES string of the molecule is O=C(O)c1cccc(S(=O)(=O)NC[C@@H](c2ccccc2)c2c(-c3ccccc3)[nH]c3ccccc23)c1. The van der Waals surface area contributed by atoms with Gasteiger partial charge in [0.25, 0.3) is 0 Å². The van der Waals surface area contributed by atoms with Crippen LogP contribution < -0.4 is 4.72 Å². The highest BCUT2D eigenvalue weighted by atomic mass is 32.2. The fraction of sp³-hybridized carbons (Fsp3) is 0.0690. The monoisotopic (exact) mass is 496 g/mol. The zero-order valence-corrected chi connectivity index (χ0v) is 20.1. The van der Waals surface area contributed by atoms with Crippen LogP contribution in [0.4, 0.5) is 0 Å². The third-order valence-electron chi connectivity index (χ3n) is 6.23. The molecule has 0 unspecified atom stereocenters. The van der Waals surface area contributed by atoms with E-state index in [4.69, 9.17) is 0 Å². The van der Waals surface area contributed by atoms with Gasteiger partial charge >= 0.3 is 5.97 Å². The maximum atomic E-state index is 13.2. The molecule has 0 saturated carbocycles. The minimum Gasteiger partial charge on any atom is -0.478 e. The standard InChI is InChI=1S/C29H24N2O4S/c32-29(33)22-14-9-15-23(18-22)36(34,35)30-19-25(20-10-3-1-4-11-20)27-24-16-7-8-17-26(24)31-28(27)21-12-5-2-6-13-21/h1-18,25,30-31H,19H2,(H,32,33)/t25-/m0/s1. The summed E-state index contributed by atoms with van der Waals surface area (Å²) >= 11 is 0. The second-order valence-electron chi connectivity index (χ2n) is 8.47. The molecule has 0 aliphatic carbocycles. The average Bonchev–Trinajstić information content (AvgIpc) is 3.29. The number of para-hydroxylation sites is 1. The lowest BCUT2D eigenvalue weighted by Crippen LogP contribution is -2.29. The van der Waals surface area contributed by atoms with E-state index in [1.807, 2.05) is 84.9 Å². The summed E-state index contributed by atoms with van der Waals surface area (Å²) in [5.74, 6) is -1.49. The van der Waals surface area contributed by atoms with Gasteiger partial charge in [-0.1, -0.05) is 84.9 Å². The molecule has 5 rings (SSSR count). The van der Waals surface area contributed by atoms with Crippen molar-refractivity contribution in [2.75, 3.05) is 6.54 Å². The van der Waals surface area contributed by atoms with E-state index in [9.17, 15) is 18.3 Å². The van der Waals surface area contributed by atoms with E-state index in [-0.39, 0.29) is 22.9 Å². The van der Waals surface area contributed by atoms with Crippen LogP contribution in [-0.4, -0.2) is 31.0 Å². The lowest BCUT2D eigenvalue weighted by atomic mass is 9.87. The molecule has 1 atom stereocenters. The zero-order chi connectivity index (χ0) is 25.1. The number of aromatic amines is 1. The lowest BCUT2D eigenvalue weighted by molar-refractivity contribution is 0.0696. The van der Waals surface area contributed by atoms with E-state index in [2.05, 4.69) is 9.71 Å². The van der Waals surface area contributed by atoms with Gasteiger partial charge in [0.1, 0.15) is 0 Å². The quantitative estimate of drug-likeness (QED) is 0.259. The van der Waals surface area contributed by atoms with E-state index < -0.39 is 16.0 Å². The van der Waals surface area contributed by atoms with Crippen LogP contribution in [0.5, 0.6) is 0 Å². The molecule has 0 aliphatic rings. The number of nitrogens with one attached hydrogen (secondary N) is 2. The van der Waals surface area contributed by atoms with Crippen LogP contribution in [0.25, 0.3) is 22.2 Å². The van der Waals surface area contributed by atoms with Gasteiger partial charge in [-0.2, -0.15) is 0 Å². The summed E-state index contributed by atoms with van der Waals surface area (Å²) in [6, 6.07) is 33.1. The van der Waals surface area contributed by atoms with Crippen molar-refractivity contribution in [3.05, 3.63) is 126 Å². The number of benzene rings is 4. The molecule has 0 saturated heterocycles. The molecule has 6 nitrogen and oxygen atoms in total. The predicted octanol–water partition coefficient (Wildman–Crippen LogP) is 5.64. The summed E-state index contributed by atoms with van der Waals surface area (Å²) < 4.78 is 29.2. The zero-order valence-electron chi connectivity index (χ0n) is 19.3. The molecular formula is C29H24N2O4S. The molecule has 0 radical (unpaired) electrons. The second kappa shape index (κ2) is 9.81. The third-order valence-corrected chi connectivity index (χ3v) is 7.65. The van der Waals surface area contributed by atoms with Crippen molar-refractivity contribution in [2.24, 2.45) is 0 Å². The van der Waals surface area contributed by atoms with Gasteiger partial charge in [0.15, 0.2) is 0 Å². The number of carboxylic acid groups (broad SMARTS) is 1. The van der Waals surface area contributed by atoms with Gasteiger partial charge in [0.05, 0.1) is 16.2 Å². The smallest absolute Gasteiger partial charge is 0.335 e. The summed E-state index contributed by atoms with van der Waals surface area (Å²) in [6.07, 6.45) is 0. The largest absolute Gasteiger partial charge is 0.478 e. The summed E-state index contributed by atoms with van der Waals surface area (Å²) in [4.78, 5) is 14.8. The molecule has 3 N–H and O–H groups in total. The topological polar surface area (TPSA) is 99.3 Å². The minimum absolute atomic E-state index is 0.0829. The molecule has 1 heterocycles. The maximum Gasteiger partial charge on any atom is 0.335 e. The molecule has 0 aliphatic heterocycles. The van der Waals surface area contributed by atoms with Gasteiger partial charge in [-0.15, -0.1) is 0 Å². The molecule has 5 aromatic rings. The number of rotatable bonds is 8. The van der Waals surface area contributed by atoms with E-state index in [0.29, 0.717) is 0 Å². The first-order valence-electron chi connectivity index (χ1n) is 11.5. The second-order valence-corrected chi connectivity index (χ2v) is 10.2. The van der Waals surface area contributed by atoms with Crippen molar-refractivity contribution in [1.29, 1.82) is 0 Å². The molecule has 180 valence electrons. The fourth-order valence-electron chi connectivity index (χ4n) is 4.50. The molecule has 0 fully saturated rings. The van der Waals surface area contributed by atoms with Crippen molar-refractivity contribution in [1.82, 2.24) is 9.71 Å². The van der Waals surface area contributed by atoms with Crippen LogP contribution in [-0.2, 0) is 10.0 Å². The maximum absolute atomic E-state index is 13.2. The molecule has 7 heteroatoms. The van der Waals surface area contributed by atoms with Crippen LogP contribution in [0.15, 0.2) is 114 Å². The fourth-order valence-corrected chi connectivity index (χ4v) is 5.60. The molecule has 0 spiro atoms. The highest BCUT2D eigenvalue weighted by Gasteiger charge is 2.26. The van der Waals surface area contributed by atoms with Crippen molar-refractivity contribution < 1.29 is 18.3 Å². The van der Waals surface area contributed by atoms with Crippen molar-refractivity contribution in [3.8, 4) is 11.3 Å². The summed E-state index contributed by atoms with van der Waals surface area (Å²) in [6.45, 7) is 0.0886. The number of H-pyrrole nitrogens is 1. The van der Waals surface area contributed by atoms with Crippen LogP contribution in [0.2, 0.25) is 0 Å². The molecular weight excluding hydrogens is 472 g/mol. The number of aromatic carboxylic acids is 1. The number of sulfonamides is 1. The number of hydrogen-bond acceptors (Lipinski definition) is 3. The van der Waals surface area contributed by atoms with Gasteiger partial charge in [-0.3, -0.25) is 0 Å². The van der Waals surface area contributed by atoms with Crippen LogP contribution >= 0.6 is 0 Å². The van der Waals surface area contributed by atoms with E-state index in [1.165, 1.54) is 24.3 Å². The van der Waals surface area contributed by atoms with Crippen molar-refractivity contribution in [3.63, 3.8) is 0 Å². The Morgan fingerprint density at radius 1 is 0.833 bits per heavy atom. The normalized spacial score (nSPS) is 12.4. The number of carbonyl (C=O) groups is 1. The molecule has 36 heavy (non-hydrogen) atoms. The Bertz CT molecular complexity index is 1630. The number of hydrogen-bond donors (Lipinski definition) is 3. The molecule has 1 aromatic heterocycles. The van der Waals surface area contributed by atoms with Crippen LogP contribution in [0, 0.1) is 0 Å². The van der Waals surface area contributed by atoms with Gasteiger partial charge in [0, 0.05) is 23.4 Å². The minimum atomic E-state index is -3.96. The first-order chi connectivity index (χ1) is 17.4. The van der Waals surface area contributed by atoms with Crippen LogP contribution in [0.3, 0.4) is 0 Å².